The van der Waals surface area contributed by atoms with Crippen molar-refractivity contribution in [2.45, 2.75) is 71.0 Å². The van der Waals surface area contributed by atoms with Crippen LogP contribution in [-0.4, -0.2) is 50.0 Å². The van der Waals surface area contributed by atoms with Crippen LogP contribution in [0.5, 0.6) is 0 Å². The highest BCUT2D eigenvalue weighted by Gasteiger charge is 2.32. The molecule has 1 fully saturated rings. The van der Waals surface area contributed by atoms with Crippen molar-refractivity contribution >= 4 is 39.1 Å². The van der Waals surface area contributed by atoms with E-state index in [2.05, 4.69) is 5.32 Å². The van der Waals surface area contributed by atoms with Crippen LogP contribution in [0.3, 0.4) is 0 Å². The Bertz CT molecular complexity index is 1170. The summed E-state index contributed by atoms with van der Waals surface area (Å²) in [5.74, 6) is -0.722. The van der Waals surface area contributed by atoms with Gasteiger partial charge in [0.15, 0.2) is 0 Å². The summed E-state index contributed by atoms with van der Waals surface area (Å²) in [4.78, 5) is 28.4. The number of halogens is 1. The molecule has 1 saturated carbocycles. The lowest BCUT2D eigenvalue weighted by Gasteiger charge is -2.33. The molecule has 196 valence electrons. The van der Waals surface area contributed by atoms with Crippen LogP contribution in [0.1, 0.15) is 57.1 Å². The first kappa shape index (κ1) is 28.0. The molecule has 3 rings (SSSR count). The maximum absolute atomic E-state index is 13.7. The third kappa shape index (κ3) is 7.23. The van der Waals surface area contributed by atoms with Crippen LogP contribution in [-0.2, 0) is 32.6 Å². The molecule has 0 saturated heterocycles. The first-order chi connectivity index (χ1) is 17.1. The Balaban J connectivity index is 1.90. The molecule has 1 atom stereocenters. The van der Waals surface area contributed by atoms with Gasteiger partial charge in [0, 0.05) is 17.6 Å². The third-order valence-electron chi connectivity index (χ3n) is 6.74. The molecule has 1 aliphatic rings. The fourth-order valence-corrected chi connectivity index (χ4v) is 5.69. The normalized spacial score (nSPS) is 15.2. The molecular formula is C27H36ClN3O4S. The molecule has 0 bridgehead atoms. The van der Waals surface area contributed by atoms with E-state index in [4.69, 9.17) is 11.6 Å². The lowest BCUT2D eigenvalue weighted by atomic mass is 9.95. The summed E-state index contributed by atoms with van der Waals surface area (Å²) in [6.45, 7) is 3.28. The minimum absolute atomic E-state index is 0.0881. The molecule has 0 heterocycles. The van der Waals surface area contributed by atoms with Crippen molar-refractivity contribution < 1.29 is 18.0 Å². The monoisotopic (exact) mass is 533 g/mol. The number of amides is 2. The van der Waals surface area contributed by atoms with Crippen LogP contribution in [0, 0.1) is 0 Å². The van der Waals surface area contributed by atoms with Crippen LogP contribution in [0.25, 0.3) is 0 Å². The molecule has 2 amide bonds. The van der Waals surface area contributed by atoms with Gasteiger partial charge in [0.05, 0.1) is 11.9 Å². The molecule has 1 N–H and O–H groups in total. The molecule has 36 heavy (non-hydrogen) atoms. The van der Waals surface area contributed by atoms with Crippen LogP contribution >= 0.6 is 11.6 Å². The number of hydrogen-bond donors (Lipinski definition) is 1. The Kier molecular flexibility index (Phi) is 9.79. The summed E-state index contributed by atoms with van der Waals surface area (Å²) in [5.41, 5.74) is 1.97. The molecule has 0 aromatic heterocycles. The van der Waals surface area contributed by atoms with Gasteiger partial charge >= 0.3 is 0 Å². The van der Waals surface area contributed by atoms with Crippen LogP contribution in [0.2, 0.25) is 5.02 Å². The average molecular weight is 534 g/mol. The lowest BCUT2D eigenvalue weighted by molar-refractivity contribution is -0.139. The van der Waals surface area contributed by atoms with Gasteiger partial charge in [-0.05, 0) is 49.4 Å². The molecule has 1 aliphatic carbocycles. The smallest absolute Gasteiger partial charge is 0.244 e. The van der Waals surface area contributed by atoms with E-state index in [-0.39, 0.29) is 18.5 Å². The fourth-order valence-electron chi connectivity index (χ4n) is 4.61. The number of benzene rings is 2. The van der Waals surface area contributed by atoms with E-state index < -0.39 is 28.5 Å². The van der Waals surface area contributed by atoms with Gasteiger partial charge in [-0.2, -0.15) is 0 Å². The molecule has 0 spiro atoms. The number of carbonyl (C=O) groups excluding carboxylic acids is 2. The molecule has 2 aromatic carbocycles. The summed E-state index contributed by atoms with van der Waals surface area (Å²) in [6, 6.07) is 13.6. The van der Waals surface area contributed by atoms with Gasteiger partial charge in [-0.25, -0.2) is 8.42 Å². The Morgan fingerprint density at radius 2 is 1.64 bits per heavy atom. The average Bonchev–Trinajstić information content (AvgIpc) is 2.86. The van der Waals surface area contributed by atoms with E-state index in [1.54, 1.807) is 37.3 Å². The minimum atomic E-state index is -3.77. The highest BCUT2D eigenvalue weighted by Crippen LogP contribution is 2.25. The highest BCUT2D eigenvalue weighted by atomic mass is 35.5. The number of rotatable bonds is 10. The lowest BCUT2D eigenvalue weighted by Crippen LogP contribution is -2.53. The summed E-state index contributed by atoms with van der Waals surface area (Å²) in [6.07, 6.45) is 6.85. The number of aryl methyl sites for hydroxylation is 1. The van der Waals surface area contributed by atoms with Crippen molar-refractivity contribution in [2.24, 2.45) is 0 Å². The van der Waals surface area contributed by atoms with E-state index in [1.165, 1.54) is 11.3 Å². The van der Waals surface area contributed by atoms with Gasteiger partial charge in [-0.1, -0.05) is 74.2 Å². The molecule has 0 radical (unpaired) electrons. The first-order valence-electron chi connectivity index (χ1n) is 12.5. The number of anilines is 1. The van der Waals surface area contributed by atoms with E-state index in [9.17, 15) is 18.0 Å². The standard InChI is InChI=1S/C27H36ClN3O4S/c1-4-21-12-9-11-17-25(21)31(36(3,34)35)19-26(32)30(18-22-13-8-10-16-24(22)28)20(2)27(33)29-23-14-6-5-7-15-23/h8-13,16-17,20,23H,4-7,14-15,18-19H2,1-3H3,(H,29,33)/t20-/m0/s1. The van der Waals surface area contributed by atoms with E-state index in [0.717, 1.165) is 41.8 Å². The number of carbonyl (C=O) groups is 2. The maximum atomic E-state index is 13.7. The van der Waals surface area contributed by atoms with Crippen LogP contribution < -0.4 is 9.62 Å². The Hall–Kier alpha value is -2.58. The van der Waals surface area contributed by atoms with E-state index in [0.29, 0.717) is 22.7 Å². The first-order valence-corrected chi connectivity index (χ1v) is 14.7. The number of nitrogens with one attached hydrogen (secondary N) is 1. The molecule has 2 aromatic rings. The number of nitrogens with zero attached hydrogens (tertiary/aromatic N) is 2. The van der Waals surface area contributed by atoms with Gasteiger partial charge in [-0.15, -0.1) is 0 Å². The van der Waals surface area contributed by atoms with E-state index >= 15 is 0 Å². The second-order valence-electron chi connectivity index (χ2n) is 9.38. The molecule has 7 nitrogen and oxygen atoms in total. The van der Waals surface area contributed by atoms with Gasteiger partial charge < -0.3 is 10.2 Å². The zero-order chi connectivity index (χ0) is 26.3. The van der Waals surface area contributed by atoms with Crippen molar-refractivity contribution in [1.29, 1.82) is 0 Å². The van der Waals surface area contributed by atoms with Gasteiger partial charge in [0.1, 0.15) is 12.6 Å². The van der Waals surface area contributed by atoms with Crippen molar-refractivity contribution in [3.05, 3.63) is 64.7 Å². The zero-order valence-corrected chi connectivity index (χ0v) is 22.8. The Labute approximate surface area is 219 Å². The predicted molar refractivity (Wildman–Crippen MR) is 144 cm³/mol. The molecule has 9 heteroatoms. The Morgan fingerprint density at radius 1 is 1.03 bits per heavy atom. The van der Waals surface area contributed by atoms with Crippen molar-refractivity contribution in [2.75, 3.05) is 17.1 Å². The van der Waals surface area contributed by atoms with Crippen molar-refractivity contribution in [3.8, 4) is 0 Å². The van der Waals surface area contributed by atoms with E-state index in [1.807, 2.05) is 25.1 Å². The van der Waals surface area contributed by atoms with Crippen molar-refractivity contribution in [3.63, 3.8) is 0 Å². The number of hydrogen-bond acceptors (Lipinski definition) is 4. The Morgan fingerprint density at radius 3 is 2.25 bits per heavy atom. The van der Waals surface area contributed by atoms with Gasteiger partial charge in [-0.3, -0.25) is 13.9 Å². The van der Waals surface area contributed by atoms with Gasteiger partial charge in [0.25, 0.3) is 0 Å². The zero-order valence-electron chi connectivity index (χ0n) is 21.2. The summed E-state index contributed by atoms with van der Waals surface area (Å²) in [7, 11) is -3.77. The maximum Gasteiger partial charge on any atom is 0.244 e. The largest absolute Gasteiger partial charge is 0.352 e. The molecule has 0 unspecified atom stereocenters. The second-order valence-corrected chi connectivity index (χ2v) is 11.7. The fraction of sp³-hybridized carbons (Fsp3) is 0.481. The topological polar surface area (TPSA) is 86.8 Å². The predicted octanol–water partition coefficient (Wildman–Crippen LogP) is 4.53. The van der Waals surface area contributed by atoms with Gasteiger partial charge in [0.2, 0.25) is 21.8 Å². The molecular weight excluding hydrogens is 498 g/mol. The number of para-hydroxylation sites is 1. The van der Waals surface area contributed by atoms with Crippen molar-refractivity contribution in [1.82, 2.24) is 10.2 Å². The summed E-state index contributed by atoms with van der Waals surface area (Å²) < 4.78 is 26.7. The number of sulfonamides is 1. The highest BCUT2D eigenvalue weighted by molar-refractivity contribution is 7.92. The minimum Gasteiger partial charge on any atom is -0.352 e. The third-order valence-corrected chi connectivity index (χ3v) is 8.23. The van der Waals surface area contributed by atoms with Crippen LogP contribution in [0.15, 0.2) is 48.5 Å². The summed E-state index contributed by atoms with van der Waals surface area (Å²) in [5, 5.41) is 3.57. The summed E-state index contributed by atoms with van der Waals surface area (Å²) >= 11 is 6.38. The SMILES string of the molecule is CCc1ccccc1N(CC(=O)N(Cc1ccccc1Cl)[C@@H](C)C(=O)NC1CCCCC1)S(C)(=O)=O. The van der Waals surface area contributed by atoms with Crippen LogP contribution in [0.4, 0.5) is 5.69 Å². The quantitative estimate of drug-likeness (QED) is 0.486. The molecule has 0 aliphatic heterocycles. The second kappa shape index (κ2) is 12.6.